The van der Waals surface area contributed by atoms with Crippen LogP contribution < -0.4 is 14.7 Å². The molecular weight excluding hydrogens is 479 g/mol. The van der Waals surface area contributed by atoms with Crippen molar-refractivity contribution in [2.24, 2.45) is 0 Å². The standard InChI is InChI=1S/C27H32F3N7/c1-18(2)22-16-20(8-10-31-22)23-17-24(34-26(33-23)37-11-5-6-19(37)3)35-12-14-36(15-13-35)25-21(27(28,29)30)7-4-9-32-25/h4,7-10,16-19H,5-6,11-15H2,1-3H3/t19-/m1/s1. The molecule has 0 aliphatic carbocycles. The summed E-state index contributed by atoms with van der Waals surface area (Å²) in [6.45, 7) is 9.23. The van der Waals surface area contributed by atoms with Crippen molar-refractivity contribution in [3.8, 4) is 11.3 Å². The van der Waals surface area contributed by atoms with E-state index < -0.39 is 11.7 Å². The Labute approximate surface area is 215 Å². The molecule has 0 unspecified atom stereocenters. The first-order chi connectivity index (χ1) is 17.7. The number of halogens is 3. The number of pyridine rings is 2. The number of hydrogen-bond donors (Lipinski definition) is 0. The summed E-state index contributed by atoms with van der Waals surface area (Å²) in [5.74, 6) is 1.77. The van der Waals surface area contributed by atoms with Crippen LogP contribution in [0, 0.1) is 0 Å². The van der Waals surface area contributed by atoms with Crippen LogP contribution in [0.1, 0.15) is 50.8 Å². The smallest absolute Gasteiger partial charge is 0.353 e. The van der Waals surface area contributed by atoms with Crippen LogP contribution in [-0.4, -0.2) is 58.7 Å². The fourth-order valence-electron chi connectivity index (χ4n) is 5.03. The van der Waals surface area contributed by atoms with Crippen molar-refractivity contribution in [1.29, 1.82) is 0 Å². The molecule has 2 aliphatic heterocycles. The summed E-state index contributed by atoms with van der Waals surface area (Å²) < 4.78 is 40.6. The SMILES string of the molecule is CC(C)c1cc(-c2cc(N3CCN(c4ncccc4C(F)(F)F)CC3)nc(N3CCC[C@H]3C)n2)ccn1. The van der Waals surface area contributed by atoms with Crippen LogP contribution in [0.25, 0.3) is 11.3 Å². The summed E-state index contributed by atoms with van der Waals surface area (Å²) in [6, 6.07) is 8.80. The quantitative estimate of drug-likeness (QED) is 0.455. The molecule has 0 N–H and O–H groups in total. The lowest BCUT2D eigenvalue weighted by Gasteiger charge is -2.37. The molecule has 37 heavy (non-hydrogen) atoms. The van der Waals surface area contributed by atoms with E-state index in [0.29, 0.717) is 44.1 Å². The Morgan fingerprint density at radius 3 is 2.35 bits per heavy atom. The molecular formula is C27H32F3N7. The number of anilines is 3. The Balaban J connectivity index is 1.44. The van der Waals surface area contributed by atoms with E-state index in [9.17, 15) is 13.2 Å². The third-order valence-corrected chi connectivity index (χ3v) is 7.17. The molecule has 2 aliphatic rings. The highest BCUT2D eigenvalue weighted by atomic mass is 19.4. The first kappa shape index (κ1) is 25.2. The summed E-state index contributed by atoms with van der Waals surface area (Å²) in [5.41, 5.74) is 2.11. The molecule has 5 heterocycles. The number of alkyl halides is 3. The number of rotatable bonds is 5. The summed E-state index contributed by atoms with van der Waals surface area (Å²) in [6.07, 6.45) is 0.982. The van der Waals surface area contributed by atoms with E-state index >= 15 is 0 Å². The van der Waals surface area contributed by atoms with E-state index in [1.165, 1.54) is 12.3 Å². The molecule has 196 valence electrons. The third-order valence-electron chi connectivity index (χ3n) is 7.17. The van der Waals surface area contributed by atoms with Crippen LogP contribution in [0.2, 0.25) is 0 Å². The van der Waals surface area contributed by atoms with Gasteiger partial charge < -0.3 is 14.7 Å². The topological polar surface area (TPSA) is 61.3 Å². The van der Waals surface area contributed by atoms with Crippen LogP contribution in [0.3, 0.4) is 0 Å². The largest absolute Gasteiger partial charge is 0.419 e. The van der Waals surface area contributed by atoms with E-state index in [2.05, 4.69) is 46.6 Å². The minimum atomic E-state index is -4.44. The molecule has 1 atom stereocenters. The molecule has 0 aromatic carbocycles. The molecule has 2 saturated heterocycles. The van der Waals surface area contributed by atoms with Gasteiger partial charge in [-0.05, 0) is 49.9 Å². The zero-order valence-electron chi connectivity index (χ0n) is 21.4. The predicted octanol–water partition coefficient (Wildman–Crippen LogP) is 5.39. The third kappa shape index (κ3) is 5.33. The van der Waals surface area contributed by atoms with E-state index in [1.807, 2.05) is 18.3 Å². The van der Waals surface area contributed by atoms with Gasteiger partial charge in [0.1, 0.15) is 11.6 Å². The molecule has 0 bridgehead atoms. The van der Waals surface area contributed by atoms with E-state index in [1.54, 1.807) is 4.90 Å². The lowest BCUT2D eigenvalue weighted by molar-refractivity contribution is -0.137. The highest BCUT2D eigenvalue weighted by Crippen LogP contribution is 2.36. The maximum absolute atomic E-state index is 13.5. The number of nitrogens with zero attached hydrogens (tertiary/aromatic N) is 7. The predicted molar refractivity (Wildman–Crippen MR) is 139 cm³/mol. The van der Waals surface area contributed by atoms with Crippen molar-refractivity contribution in [2.75, 3.05) is 47.4 Å². The van der Waals surface area contributed by atoms with Crippen molar-refractivity contribution in [1.82, 2.24) is 19.9 Å². The molecule has 3 aromatic rings. The van der Waals surface area contributed by atoms with Gasteiger partial charge in [-0.3, -0.25) is 4.98 Å². The highest BCUT2D eigenvalue weighted by molar-refractivity contribution is 5.66. The Morgan fingerprint density at radius 1 is 0.919 bits per heavy atom. The van der Waals surface area contributed by atoms with Gasteiger partial charge in [-0.2, -0.15) is 18.2 Å². The van der Waals surface area contributed by atoms with Crippen molar-refractivity contribution < 1.29 is 13.2 Å². The first-order valence-corrected chi connectivity index (χ1v) is 12.8. The second-order valence-electron chi connectivity index (χ2n) is 10.1. The fourth-order valence-corrected chi connectivity index (χ4v) is 5.03. The van der Waals surface area contributed by atoms with Gasteiger partial charge >= 0.3 is 6.18 Å². The Kier molecular flexibility index (Phi) is 6.92. The average molecular weight is 512 g/mol. The molecule has 0 radical (unpaired) electrons. The lowest BCUT2D eigenvalue weighted by atomic mass is 10.1. The molecule has 0 amide bonds. The highest BCUT2D eigenvalue weighted by Gasteiger charge is 2.36. The lowest BCUT2D eigenvalue weighted by Crippen LogP contribution is -2.47. The van der Waals surface area contributed by atoms with Crippen molar-refractivity contribution in [3.63, 3.8) is 0 Å². The fraction of sp³-hybridized carbons (Fsp3) is 0.481. The van der Waals surface area contributed by atoms with Gasteiger partial charge in [0.15, 0.2) is 0 Å². The summed E-state index contributed by atoms with van der Waals surface area (Å²) in [7, 11) is 0. The summed E-state index contributed by atoms with van der Waals surface area (Å²) >= 11 is 0. The molecule has 7 nitrogen and oxygen atoms in total. The second-order valence-corrected chi connectivity index (χ2v) is 10.1. The maximum atomic E-state index is 13.5. The molecule has 3 aromatic heterocycles. The summed E-state index contributed by atoms with van der Waals surface area (Å²) in [4.78, 5) is 24.5. The monoisotopic (exact) mass is 511 g/mol. The Morgan fingerprint density at radius 2 is 1.68 bits per heavy atom. The average Bonchev–Trinajstić information content (AvgIpc) is 3.34. The number of hydrogen-bond acceptors (Lipinski definition) is 7. The summed E-state index contributed by atoms with van der Waals surface area (Å²) in [5, 5.41) is 0. The van der Waals surface area contributed by atoms with Crippen LogP contribution in [0.5, 0.6) is 0 Å². The van der Waals surface area contributed by atoms with Crippen molar-refractivity contribution in [2.45, 2.75) is 51.7 Å². The molecule has 0 saturated carbocycles. The van der Waals surface area contributed by atoms with Gasteiger partial charge in [0, 0.05) is 68.5 Å². The van der Waals surface area contributed by atoms with Crippen LogP contribution in [0.4, 0.5) is 30.8 Å². The van der Waals surface area contributed by atoms with Crippen LogP contribution in [0.15, 0.2) is 42.7 Å². The van der Waals surface area contributed by atoms with E-state index in [4.69, 9.17) is 9.97 Å². The van der Waals surface area contributed by atoms with Gasteiger partial charge in [0.05, 0.1) is 11.3 Å². The molecule has 0 spiro atoms. The number of aromatic nitrogens is 4. The zero-order chi connectivity index (χ0) is 26.2. The molecule has 10 heteroatoms. The first-order valence-electron chi connectivity index (χ1n) is 12.8. The van der Waals surface area contributed by atoms with E-state index in [0.717, 1.165) is 48.2 Å². The molecule has 5 rings (SSSR count). The Bertz CT molecular complexity index is 1240. The molecule has 2 fully saturated rings. The minimum Gasteiger partial charge on any atom is -0.353 e. The van der Waals surface area contributed by atoms with Gasteiger partial charge in [-0.1, -0.05) is 13.8 Å². The normalized spacial score (nSPS) is 18.7. The van der Waals surface area contributed by atoms with Gasteiger partial charge in [-0.25, -0.2) is 9.97 Å². The van der Waals surface area contributed by atoms with Gasteiger partial charge in [0.2, 0.25) is 5.95 Å². The van der Waals surface area contributed by atoms with Gasteiger partial charge in [0.25, 0.3) is 0 Å². The number of piperazine rings is 1. The van der Waals surface area contributed by atoms with Crippen molar-refractivity contribution in [3.05, 3.63) is 54.0 Å². The van der Waals surface area contributed by atoms with Gasteiger partial charge in [-0.15, -0.1) is 0 Å². The van der Waals surface area contributed by atoms with Crippen LogP contribution in [-0.2, 0) is 6.18 Å². The Hall–Kier alpha value is -3.43. The van der Waals surface area contributed by atoms with E-state index in [-0.39, 0.29) is 5.82 Å². The zero-order valence-corrected chi connectivity index (χ0v) is 21.4. The maximum Gasteiger partial charge on any atom is 0.419 e. The van der Waals surface area contributed by atoms with Crippen LogP contribution >= 0.6 is 0 Å². The second kappa shape index (κ2) is 10.1. The van der Waals surface area contributed by atoms with Crippen molar-refractivity contribution >= 4 is 17.6 Å². The minimum absolute atomic E-state index is 0.0115.